The summed E-state index contributed by atoms with van der Waals surface area (Å²) in [6, 6.07) is 5.21. The number of aromatic hydroxyl groups is 1. The van der Waals surface area contributed by atoms with Crippen LogP contribution in [0.25, 0.3) is 0 Å². The van der Waals surface area contributed by atoms with E-state index in [0.29, 0.717) is 5.56 Å². The number of nitrogens with one attached hydrogen (secondary N) is 2. The molecule has 0 bridgehead atoms. The van der Waals surface area contributed by atoms with Gasteiger partial charge in [0.1, 0.15) is 23.9 Å². The van der Waals surface area contributed by atoms with Crippen LogP contribution in [0.4, 0.5) is 4.79 Å². The first-order valence-electron chi connectivity index (χ1n) is 9.85. The van der Waals surface area contributed by atoms with Crippen molar-refractivity contribution in [3.8, 4) is 5.75 Å². The number of alkyl carbamates (subject to hydrolysis) is 1. The summed E-state index contributed by atoms with van der Waals surface area (Å²) in [6.07, 6.45) is 0.901. The highest BCUT2D eigenvalue weighted by molar-refractivity contribution is 5.91. The molecule has 1 aliphatic rings. The Labute approximate surface area is 171 Å². The molecule has 1 aliphatic carbocycles. The van der Waals surface area contributed by atoms with Crippen molar-refractivity contribution in [2.75, 3.05) is 6.54 Å². The highest BCUT2D eigenvalue weighted by Crippen LogP contribution is 2.35. The molecule has 1 atom stereocenters. The summed E-state index contributed by atoms with van der Waals surface area (Å²) in [7, 11) is 0. The molecule has 3 N–H and O–H groups in total. The predicted octanol–water partition coefficient (Wildman–Crippen LogP) is 2.47. The van der Waals surface area contributed by atoms with Crippen LogP contribution >= 0.6 is 0 Å². The van der Waals surface area contributed by atoms with Crippen molar-refractivity contribution in [3.05, 3.63) is 29.8 Å². The summed E-state index contributed by atoms with van der Waals surface area (Å²) in [5.41, 5.74) is -0.0758. The molecule has 0 aliphatic heterocycles. The molecule has 160 valence electrons. The number of nitrogens with zero attached hydrogens (tertiary/aromatic N) is 1. The van der Waals surface area contributed by atoms with Crippen LogP contribution in [0.5, 0.6) is 5.75 Å². The van der Waals surface area contributed by atoms with E-state index in [1.165, 1.54) is 17.0 Å². The van der Waals surface area contributed by atoms with E-state index in [1.54, 1.807) is 32.9 Å². The lowest BCUT2D eigenvalue weighted by Crippen LogP contribution is -2.49. The van der Waals surface area contributed by atoms with Gasteiger partial charge in [-0.25, -0.2) is 4.79 Å². The van der Waals surface area contributed by atoms with Crippen LogP contribution in [-0.4, -0.2) is 52.1 Å². The largest absolute Gasteiger partial charge is 0.508 e. The zero-order valence-corrected chi connectivity index (χ0v) is 17.7. The van der Waals surface area contributed by atoms with Gasteiger partial charge in [-0.1, -0.05) is 12.1 Å². The number of carbonyl (C=O) groups is 3. The molecule has 8 heteroatoms. The molecule has 0 heterocycles. The van der Waals surface area contributed by atoms with Crippen molar-refractivity contribution >= 4 is 17.9 Å². The second-order valence-electron chi connectivity index (χ2n) is 8.54. The molecule has 8 nitrogen and oxygen atoms in total. The first kappa shape index (κ1) is 22.5. The van der Waals surface area contributed by atoms with Crippen molar-refractivity contribution in [3.63, 3.8) is 0 Å². The van der Waals surface area contributed by atoms with E-state index in [-0.39, 0.29) is 36.2 Å². The van der Waals surface area contributed by atoms with Crippen molar-refractivity contribution in [2.24, 2.45) is 0 Å². The molecule has 1 aromatic rings. The zero-order chi connectivity index (χ0) is 21.8. The minimum Gasteiger partial charge on any atom is -0.508 e. The smallest absolute Gasteiger partial charge is 0.408 e. The molecule has 1 aromatic carbocycles. The lowest BCUT2D eigenvalue weighted by Gasteiger charge is -2.32. The van der Waals surface area contributed by atoms with E-state index in [4.69, 9.17) is 4.74 Å². The Morgan fingerprint density at radius 3 is 2.24 bits per heavy atom. The zero-order valence-electron chi connectivity index (χ0n) is 17.7. The van der Waals surface area contributed by atoms with Gasteiger partial charge in [0.05, 0.1) is 0 Å². The van der Waals surface area contributed by atoms with Crippen LogP contribution in [0.2, 0.25) is 0 Å². The molecule has 1 saturated carbocycles. The standard InChI is InChI=1S/C21H31N3O5/c1-13(2)23-19(27)18(14-6-10-16(25)11-7-14)24(15-8-9-15)17(26)12-22-20(28)29-21(3,4)5/h6-7,10-11,13,15,18,25H,8-9,12H2,1-5H3,(H,22,28)(H,23,27). The molecule has 1 fully saturated rings. The van der Waals surface area contributed by atoms with Crippen molar-refractivity contribution in [1.29, 1.82) is 0 Å². The molecule has 0 spiro atoms. The Morgan fingerprint density at radius 1 is 1.17 bits per heavy atom. The van der Waals surface area contributed by atoms with E-state index < -0.39 is 17.7 Å². The number of hydrogen-bond acceptors (Lipinski definition) is 5. The highest BCUT2D eigenvalue weighted by atomic mass is 16.6. The minimum absolute atomic E-state index is 0.0698. The average Bonchev–Trinajstić information content (AvgIpc) is 3.41. The number of benzene rings is 1. The SMILES string of the molecule is CC(C)NC(=O)C(c1ccc(O)cc1)N(C(=O)CNC(=O)OC(C)(C)C)C1CC1. The fraction of sp³-hybridized carbons (Fsp3) is 0.571. The van der Waals surface area contributed by atoms with Crippen LogP contribution in [-0.2, 0) is 14.3 Å². The number of amides is 3. The molecular formula is C21H31N3O5. The van der Waals surface area contributed by atoms with Gasteiger partial charge in [-0.15, -0.1) is 0 Å². The number of phenols is 1. The van der Waals surface area contributed by atoms with Crippen LogP contribution in [0.1, 0.15) is 59.1 Å². The molecule has 2 rings (SSSR count). The monoisotopic (exact) mass is 405 g/mol. The van der Waals surface area contributed by atoms with Gasteiger partial charge in [0.15, 0.2) is 0 Å². The van der Waals surface area contributed by atoms with Gasteiger partial charge in [-0.3, -0.25) is 9.59 Å². The molecule has 0 aromatic heterocycles. The summed E-state index contributed by atoms with van der Waals surface area (Å²) >= 11 is 0. The Balaban J connectivity index is 2.22. The summed E-state index contributed by atoms with van der Waals surface area (Å²) in [6.45, 7) is 8.64. The molecule has 3 amide bonds. The maximum absolute atomic E-state index is 13.0. The van der Waals surface area contributed by atoms with E-state index in [0.717, 1.165) is 12.8 Å². The Hall–Kier alpha value is -2.77. The molecule has 0 saturated heterocycles. The number of rotatable bonds is 7. The third kappa shape index (κ3) is 6.96. The topological polar surface area (TPSA) is 108 Å². The van der Waals surface area contributed by atoms with Gasteiger partial charge in [-0.05, 0) is 65.2 Å². The van der Waals surface area contributed by atoms with Crippen molar-refractivity contribution in [2.45, 2.75) is 71.2 Å². The van der Waals surface area contributed by atoms with Gasteiger partial charge in [0, 0.05) is 12.1 Å². The van der Waals surface area contributed by atoms with Crippen LogP contribution in [0.15, 0.2) is 24.3 Å². The van der Waals surface area contributed by atoms with Gasteiger partial charge >= 0.3 is 6.09 Å². The van der Waals surface area contributed by atoms with E-state index >= 15 is 0 Å². The van der Waals surface area contributed by atoms with Crippen molar-refractivity contribution < 1.29 is 24.2 Å². The second-order valence-corrected chi connectivity index (χ2v) is 8.54. The summed E-state index contributed by atoms with van der Waals surface area (Å²) in [5, 5.41) is 14.9. The Bertz CT molecular complexity index is 736. The lowest BCUT2D eigenvalue weighted by atomic mass is 10.0. The summed E-state index contributed by atoms with van der Waals surface area (Å²) in [5.74, 6) is -0.591. The summed E-state index contributed by atoms with van der Waals surface area (Å²) < 4.78 is 5.17. The predicted molar refractivity (Wildman–Crippen MR) is 108 cm³/mol. The molecule has 0 radical (unpaired) electrons. The van der Waals surface area contributed by atoms with E-state index in [2.05, 4.69) is 10.6 Å². The summed E-state index contributed by atoms with van der Waals surface area (Å²) in [4.78, 5) is 39.4. The number of carbonyl (C=O) groups excluding carboxylic acids is 3. The highest BCUT2D eigenvalue weighted by Gasteiger charge is 2.41. The van der Waals surface area contributed by atoms with Gasteiger partial charge in [0.2, 0.25) is 11.8 Å². The van der Waals surface area contributed by atoms with E-state index in [1.807, 2.05) is 13.8 Å². The van der Waals surface area contributed by atoms with Crippen molar-refractivity contribution in [1.82, 2.24) is 15.5 Å². The van der Waals surface area contributed by atoms with Crippen LogP contribution in [0, 0.1) is 0 Å². The molecule has 1 unspecified atom stereocenters. The third-order valence-electron chi connectivity index (χ3n) is 4.18. The van der Waals surface area contributed by atoms with Crippen LogP contribution in [0.3, 0.4) is 0 Å². The van der Waals surface area contributed by atoms with E-state index in [9.17, 15) is 19.5 Å². The van der Waals surface area contributed by atoms with Gasteiger partial charge in [0.25, 0.3) is 0 Å². The third-order valence-corrected chi connectivity index (χ3v) is 4.18. The molecule has 29 heavy (non-hydrogen) atoms. The fourth-order valence-electron chi connectivity index (χ4n) is 2.92. The quantitative estimate of drug-likeness (QED) is 0.646. The van der Waals surface area contributed by atoms with Gasteiger partial charge in [-0.2, -0.15) is 0 Å². The normalized spacial score (nSPS) is 14.8. The number of hydrogen-bond donors (Lipinski definition) is 3. The fourth-order valence-corrected chi connectivity index (χ4v) is 2.92. The lowest BCUT2D eigenvalue weighted by molar-refractivity contribution is -0.141. The average molecular weight is 405 g/mol. The molecular weight excluding hydrogens is 374 g/mol. The Morgan fingerprint density at radius 2 is 1.76 bits per heavy atom. The first-order chi connectivity index (χ1) is 13.5. The first-order valence-corrected chi connectivity index (χ1v) is 9.85. The maximum atomic E-state index is 13.0. The van der Waals surface area contributed by atoms with Crippen LogP contribution < -0.4 is 10.6 Å². The number of phenolic OH excluding ortho intramolecular Hbond substituents is 1. The second kappa shape index (κ2) is 9.15. The minimum atomic E-state index is -0.849. The van der Waals surface area contributed by atoms with Gasteiger partial charge < -0.3 is 25.4 Å². The number of ether oxygens (including phenoxy) is 1. The maximum Gasteiger partial charge on any atom is 0.408 e. The Kier molecular flexibility index (Phi) is 7.11.